The molecule has 6 aromatic rings. The van der Waals surface area contributed by atoms with Crippen LogP contribution in [-0.2, 0) is 21.4 Å². The summed E-state index contributed by atoms with van der Waals surface area (Å²) in [6, 6.07) is 18.7. The van der Waals surface area contributed by atoms with Crippen molar-refractivity contribution in [3.63, 3.8) is 0 Å². The smallest absolute Gasteiger partial charge is 0.282 e. The summed E-state index contributed by atoms with van der Waals surface area (Å²) in [5, 5.41) is 23.6. The van der Waals surface area contributed by atoms with Crippen molar-refractivity contribution in [2.45, 2.75) is 109 Å². The van der Waals surface area contributed by atoms with Crippen molar-refractivity contribution >= 4 is 45.7 Å². The Bertz CT molecular complexity index is 2770. The lowest BCUT2D eigenvalue weighted by molar-refractivity contribution is -0.142. The minimum Gasteiger partial charge on any atom is -0.391 e. The van der Waals surface area contributed by atoms with E-state index >= 15 is 0 Å². The molecule has 6 heterocycles. The number of hydrogen-bond acceptors (Lipinski definition) is 10. The zero-order valence-electron chi connectivity index (χ0n) is 37.3. The van der Waals surface area contributed by atoms with Crippen molar-refractivity contribution in [3.05, 3.63) is 122 Å². The van der Waals surface area contributed by atoms with Gasteiger partial charge in [-0.25, -0.2) is 9.67 Å². The predicted octanol–water partition coefficient (Wildman–Crippen LogP) is 7.55. The molecule has 2 fully saturated rings. The van der Waals surface area contributed by atoms with Gasteiger partial charge in [-0.1, -0.05) is 73.1 Å². The van der Waals surface area contributed by atoms with Crippen LogP contribution in [-0.4, -0.2) is 94.6 Å². The van der Waals surface area contributed by atoms with Gasteiger partial charge in [0.05, 0.1) is 60.9 Å². The van der Waals surface area contributed by atoms with Gasteiger partial charge in [-0.3, -0.25) is 19.0 Å². The van der Waals surface area contributed by atoms with Gasteiger partial charge in [-0.2, -0.15) is 4.98 Å². The summed E-state index contributed by atoms with van der Waals surface area (Å²) >= 11 is 8.07. The number of likely N-dealkylation sites (tertiary alicyclic amines) is 2. The van der Waals surface area contributed by atoms with Gasteiger partial charge in [0.15, 0.2) is 0 Å². The highest BCUT2D eigenvalue weighted by atomic mass is 35.5. The molecule has 9 rings (SSSR count). The topological polar surface area (TPSA) is 151 Å². The lowest BCUT2D eigenvalue weighted by Gasteiger charge is -2.32. The van der Waals surface area contributed by atoms with Crippen molar-refractivity contribution in [2.24, 2.45) is 5.92 Å². The average molecular weight is 903 g/mol. The number of carbonyl (C=O) groups is 2. The van der Waals surface area contributed by atoms with Crippen LogP contribution in [0.4, 0.5) is 0 Å². The van der Waals surface area contributed by atoms with Gasteiger partial charge in [0.2, 0.25) is 11.8 Å². The Morgan fingerprint density at radius 2 is 1.81 bits per heavy atom. The minimum atomic E-state index is -0.799. The van der Waals surface area contributed by atoms with Crippen molar-refractivity contribution in [1.82, 2.24) is 44.6 Å². The van der Waals surface area contributed by atoms with E-state index in [1.54, 1.807) is 22.1 Å². The highest BCUT2D eigenvalue weighted by molar-refractivity contribution is 7.13. The van der Waals surface area contributed by atoms with E-state index in [4.69, 9.17) is 11.6 Å². The first-order chi connectivity index (χ1) is 30.7. The van der Waals surface area contributed by atoms with Crippen LogP contribution >= 0.6 is 22.9 Å². The number of halogens is 1. The van der Waals surface area contributed by atoms with Crippen LogP contribution in [0, 0.1) is 12.8 Å². The largest absolute Gasteiger partial charge is 0.391 e. The van der Waals surface area contributed by atoms with Gasteiger partial charge in [0, 0.05) is 19.2 Å². The fourth-order valence-electron chi connectivity index (χ4n) is 10.1. The van der Waals surface area contributed by atoms with Gasteiger partial charge in [0.25, 0.3) is 5.56 Å². The second kappa shape index (κ2) is 17.6. The molecule has 0 radical (unpaired) electrons. The van der Waals surface area contributed by atoms with Crippen molar-refractivity contribution in [1.29, 1.82) is 0 Å². The van der Waals surface area contributed by atoms with Crippen molar-refractivity contribution in [2.75, 3.05) is 26.2 Å². The molecule has 0 aliphatic carbocycles. The molecular formula is C49H56ClN9O4S. The Labute approximate surface area is 382 Å². The maximum Gasteiger partial charge on any atom is 0.282 e. The molecular weight excluding hydrogens is 846 g/mol. The van der Waals surface area contributed by atoms with E-state index in [2.05, 4.69) is 67.1 Å². The predicted molar refractivity (Wildman–Crippen MR) is 250 cm³/mol. The highest BCUT2D eigenvalue weighted by Crippen LogP contribution is 2.45. The van der Waals surface area contributed by atoms with Crippen LogP contribution in [0.3, 0.4) is 0 Å². The Morgan fingerprint density at radius 3 is 2.53 bits per heavy atom. The molecule has 64 heavy (non-hydrogen) atoms. The number of thiazole rings is 1. The molecule has 0 saturated carbocycles. The van der Waals surface area contributed by atoms with Crippen LogP contribution in [0.5, 0.6) is 0 Å². The van der Waals surface area contributed by atoms with Gasteiger partial charge < -0.3 is 20.2 Å². The molecule has 2 N–H and O–H groups in total. The van der Waals surface area contributed by atoms with E-state index in [-0.39, 0.29) is 42.3 Å². The highest BCUT2D eigenvalue weighted by Gasteiger charge is 2.43. The number of piperidine rings is 1. The molecule has 3 aromatic carbocycles. The number of nitrogens with one attached hydrogen (secondary N) is 1. The molecule has 0 bridgehead atoms. The average Bonchev–Trinajstić information content (AvgIpc) is 4.07. The SMILES string of the molecule is Cc1ncsc1-c1ccc([C@H](C)NC(=O)[C@@H]2C[C@@H](O)CN2C(=O)[C@H](C(C)C)n2cc(CCCN3CCC(c4ccc5c(c4)C(C)(C)c4nc(=O)c6c(Cl)cccc6n4-5)CC3)nn2)cc1. The number of aryl methyl sites for hydroxylation is 2. The molecule has 3 aliphatic rings. The first-order valence-electron chi connectivity index (χ1n) is 22.5. The van der Waals surface area contributed by atoms with Crippen LogP contribution < -0.4 is 10.9 Å². The molecule has 2 amide bonds. The number of nitrogens with zero attached hydrogens (tertiary/aromatic N) is 8. The van der Waals surface area contributed by atoms with E-state index in [1.807, 2.05) is 75.8 Å². The first-order valence-corrected chi connectivity index (χ1v) is 23.7. The number of amides is 2. The summed E-state index contributed by atoms with van der Waals surface area (Å²) in [6.07, 6.45) is 4.99. The molecule has 0 spiro atoms. The quantitative estimate of drug-likeness (QED) is 0.127. The number of carbonyl (C=O) groups excluding carboxylic acids is 2. The number of aliphatic hydroxyl groups is 1. The fourth-order valence-corrected chi connectivity index (χ4v) is 11.2. The van der Waals surface area contributed by atoms with Gasteiger partial charge >= 0.3 is 0 Å². The number of fused-ring (bicyclic) bond motifs is 5. The maximum atomic E-state index is 14.3. The first kappa shape index (κ1) is 43.9. The van der Waals surface area contributed by atoms with Crippen LogP contribution in [0.1, 0.15) is 112 Å². The number of benzene rings is 3. The van der Waals surface area contributed by atoms with Gasteiger partial charge in [0.1, 0.15) is 17.9 Å². The van der Waals surface area contributed by atoms with Gasteiger partial charge in [-0.05, 0) is 125 Å². The molecule has 3 aliphatic heterocycles. The normalized spacial score (nSPS) is 19.5. The second-order valence-corrected chi connectivity index (χ2v) is 20.0. The number of aromatic nitrogens is 6. The van der Waals surface area contributed by atoms with Crippen molar-refractivity contribution < 1.29 is 14.7 Å². The molecule has 3 aromatic heterocycles. The molecule has 13 nitrogen and oxygen atoms in total. The number of hydrogen-bond donors (Lipinski definition) is 2. The second-order valence-electron chi connectivity index (χ2n) is 18.7. The third kappa shape index (κ3) is 8.18. The summed E-state index contributed by atoms with van der Waals surface area (Å²) < 4.78 is 3.75. The van der Waals surface area contributed by atoms with E-state index in [0.29, 0.717) is 16.3 Å². The zero-order valence-corrected chi connectivity index (χ0v) is 38.9. The Morgan fingerprint density at radius 1 is 1.05 bits per heavy atom. The summed E-state index contributed by atoms with van der Waals surface area (Å²) in [5.74, 6) is 0.519. The minimum absolute atomic E-state index is 0.0847. The molecule has 334 valence electrons. The Balaban J connectivity index is 0.788. The third-order valence-electron chi connectivity index (χ3n) is 13.7. The summed E-state index contributed by atoms with van der Waals surface area (Å²) in [6.45, 7) is 15.1. The Kier molecular flexibility index (Phi) is 12.1. The molecule has 4 atom stereocenters. The third-order valence-corrected chi connectivity index (χ3v) is 15.0. The van der Waals surface area contributed by atoms with Crippen LogP contribution in [0.2, 0.25) is 5.02 Å². The van der Waals surface area contributed by atoms with E-state index < -0.39 is 23.6 Å². The standard InChI is InChI=1S/C49H56ClN9O4S/c1-28(2)43(47(63)57-26-36(60)24-41(57)45(61)52-29(3)31-12-14-33(15-13-31)44-30(4)51-27-64-44)58-25-35(54-55-58)9-8-20-56-21-18-32(19-22-56)34-16-17-39-37(23-34)49(5,6)48-53-46(62)42-38(50)10-7-11-40(42)59(39)48/h7,10-17,23,25,27-29,32,36,41,43,60H,8-9,18-22,24,26H2,1-6H3,(H,52,61)/t29-,36+,41-,43-/m0/s1. The van der Waals surface area contributed by atoms with Crippen molar-refractivity contribution in [3.8, 4) is 16.1 Å². The van der Waals surface area contributed by atoms with E-state index in [0.717, 1.165) is 89.7 Å². The number of rotatable bonds is 12. The molecule has 15 heteroatoms. The lowest BCUT2D eigenvalue weighted by atomic mass is 9.81. The lowest BCUT2D eigenvalue weighted by Crippen LogP contribution is -2.49. The zero-order chi connectivity index (χ0) is 45.0. The fraction of sp³-hybridized carbons (Fsp3) is 0.449. The summed E-state index contributed by atoms with van der Waals surface area (Å²) in [7, 11) is 0. The number of β-amino-alcohol motifs (C(OH)–C–C–N with tert-alkyl or cyclic N) is 1. The molecule has 2 saturated heterocycles. The van der Waals surface area contributed by atoms with Crippen LogP contribution in [0.15, 0.2) is 77.2 Å². The van der Waals surface area contributed by atoms with E-state index in [9.17, 15) is 19.5 Å². The van der Waals surface area contributed by atoms with Crippen LogP contribution in [0.25, 0.3) is 27.0 Å². The Hall–Kier alpha value is -5.28. The summed E-state index contributed by atoms with van der Waals surface area (Å²) in [5.41, 5.74) is 9.29. The summed E-state index contributed by atoms with van der Waals surface area (Å²) in [4.78, 5) is 55.2. The maximum absolute atomic E-state index is 14.3. The monoisotopic (exact) mass is 901 g/mol. The number of aliphatic hydroxyl groups excluding tert-OH is 1. The van der Waals surface area contributed by atoms with E-state index in [1.165, 1.54) is 16.0 Å². The molecule has 0 unspecified atom stereocenters. The van der Waals surface area contributed by atoms with Gasteiger partial charge in [-0.15, -0.1) is 16.4 Å².